The van der Waals surface area contributed by atoms with Crippen molar-refractivity contribution in [3.05, 3.63) is 29.1 Å². The minimum Gasteiger partial charge on any atom is -0.438 e. The fourth-order valence-electron chi connectivity index (χ4n) is 1.56. The SMILES string of the molecule is CCNCc1ncc(-c2sccc2CC)o1. The normalized spacial score (nSPS) is 10.9. The van der Waals surface area contributed by atoms with Crippen molar-refractivity contribution in [2.24, 2.45) is 0 Å². The van der Waals surface area contributed by atoms with E-state index in [1.54, 1.807) is 11.3 Å². The molecule has 0 saturated heterocycles. The molecule has 0 bridgehead atoms. The molecule has 4 heteroatoms. The van der Waals surface area contributed by atoms with Gasteiger partial charge in [0.25, 0.3) is 0 Å². The Labute approximate surface area is 99.5 Å². The summed E-state index contributed by atoms with van der Waals surface area (Å²) >= 11 is 1.71. The first-order valence-electron chi connectivity index (χ1n) is 5.57. The van der Waals surface area contributed by atoms with E-state index in [1.807, 2.05) is 6.20 Å². The van der Waals surface area contributed by atoms with Gasteiger partial charge in [-0.1, -0.05) is 13.8 Å². The summed E-state index contributed by atoms with van der Waals surface area (Å²) in [5.74, 6) is 1.65. The Hall–Kier alpha value is -1.13. The van der Waals surface area contributed by atoms with Crippen LogP contribution >= 0.6 is 11.3 Å². The number of aromatic nitrogens is 1. The minimum absolute atomic E-state index is 0.698. The number of oxazole rings is 1. The highest BCUT2D eigenvalue weighted by molar-refractivity contribution is 7.13. The molecule has 0 saturated carbocycles. The van der Waals surface area contributed by atoms with Crippen molar-refractivity contribution >= 4 is 11.3 Å². The summed E-state index contributed by atoms with van der Waals surface area (Å²) in [6.45, 7) is 5.85. The number of rotatable bonds is 5. The molecule has 0 aromatic carbocycles. The van der Waals surface area contributed by atoms with E-state index in [-0.39, 0.29) is 0 Å². The highest BCUT2D eigenvalue weighted by Crippen LogP contribution is 2.30. The quantitative estimate of drug-likeness (QED) is 0.867. The minimum atomic E-state index is 0.698. The van der Waals surface area contributed by atoms with E-state index in [1.165, 1.54) is 10.4 Å². The van der Waals surface area contributed by atoms with Gasteiger partial charge in [0.2, 0.25) is 5.89 Å². The molecule has 3 nitrogen and oxygen atoms in total. The van der Waals surface area contributed by atoms with Crippen LogP contribution in [0.5, 0.6) is 0 Å². The molecule has 0 fully saturated rings. The van der Waals surface area contributed by atoms with Gasteiger partial charge in [-0.15, -0.1) is 11.3 Å². The zero-order chi connectivity index (χ0) is 11.4. The van der Waals surface area contributed by atoms with Gasteiger partial charge in [0.15, 0.2) is 5.76 Å². The van der Waals surface area contributed by atoms with E-state index in [0.29, 0.717) is 6.54 Å². The maximum absolute atomic E-state index is 5.71. The first kappa shape index (κ1) is 11.4. The van der Waals surface area contributed by atoms with Crippen molar-refractivity contribution < 1.29 is 4.42 Å². The number of hydrogen-bond acceptors (Lipinski definition) is 4. The van der Waals surface area contributed by atoms with Crippen LogP contribution in [-0.2, 0) is 13.0 Å². The lowest BCUT2D eigenvalue weighted by molar-refractivity contribution is 0.483. The highest BCUT2D eigenvalue weighted by Gasteiger charge is 2.10. The van der Waals surface area contributed by atoms with Crippen LogP contribution in [0.2, 0.25) is 0 Å². The summed E-state index contributed by atoms with van der Waals surface area (Å²) in [5.41, 5.74) is 1.33. The Morgan fingerprint density at radius 1 is 1.44 bits per heavy atom. The lowest BCUT2D eigenvalue weighted by Crippen LogP contribution is -2.11. The first-order valence-corrected chi connectivity index (χ1v) is 6.45. The Bertz CT molecular complexity index is 447. The van der Waals surface area contributed by atoms with E-state index < -0.39 is 0 Å². The molecule has 0 aliphatic carbocycles. The van der Waals surface area contributed by atoms with Crippen molar-refractivity contribution in [2.75, 3.05) is 6.54 Å². The molecule has 0 amide bonds. The second-order valence-electron chi connectivity index (χ2n) is 3.53. The fourth-order valence-corrected chi connectivity index (χ4v) is 2.50. The van der Waals surface area contributed by atoms with Crippen molar-refractivity contribution in [3.8, 4) is 10.6 Å². The number of aryl methyl sites for hydroxylation is 1. The molecule has 86 valence electrons. The lowest BCUT2D eigenvalue weighted by atomic mass is 10.2. The third-order valence-electron chi connectivity index (χ3n) is 2.43. The van der Waals surface area contributed by atoms with Crippen LogP contribution in [-0.4, -0.2) is 11.5 Å². The third-order valence-corrected chi connectivity index (χ3v) is 3.40. The summed E-state index contributed by atoms with van der Waals surface area (Å²) in [6, 6.07) is 2.15. The molecule has 2 heterocycles. The van der Waals surface area contributed by atoms with Gasteiger partial charge in [-0.25, -0.2) is 4.98 Å². The molecular weight excluding hydrogens is 220 g/mol. The van der Waals surface area contributed by atoms with Gasteiger partial charge < -0.3 is 9.73 Å². The van der Waals surface area contributed by atoms with E-state index in [0.717, 1.165) is 24.6 Å². The Morgan fingerprint density at radius 2 is 2.31 bits per heavy atom. The highest BCUT2D eigenvalue weighted by atomic mass is 32.1. The van der Waals surface area contributed by atoms with Crippen LogP contribution in [0.25, 0.3) is 10.6 Å². The summed E-state index contributed by atoms with van der Waals surface area (Å²) < 4.78 is 5.71. The lowest BCUT2D eigenvalue weighted by Gasteiger charge is -1.97. The van der Waals surface area contributed by atoms with E-state index in [2.05, 4.69) is 35.6 Å². The molecule has 16 heavy (non-hydrogen) atoms. The zero-order valence-corrected chi connectivity index (χ0v) is 10.4. The first-order chi connectivity index (χ1) is 7.85. The van der Waals surface area contributed by atoms with Gasteiger partial charge >= 0.3 is 0 Å². The van der Waals surface area contributed by atoms with Crippen LogP contribution in [0.1, 0.15) is 25.3 Å². The van der Waals surface area contributed by atoms with Crippen molar-refractivity contribution in [1.82, 2.24) is 10.3 Å². The van der Waals surface area contributed by atoms with Crippen LogP contribution in [0, 0.1) is 0 Å². The van der Waals surface area contributed by atoms with Crippen LogP contribution in [0.4, 0.5) is 0 Å². The molecular formula is C12H16N2OS. The fraction of sp³-hybridized carbons (Fsp3) is 0.417. The average molecular weight is 236 g/mol. The number of nitrogens with one attached hydrogen (secondary N) is 1. The smallest absolute Gasteiger partial charge is 0.208 e. The molecule has 2 rings (SSSR count). The second kappa shape index (κ2) is 5.27. The largest absolute Gasteiger partial charge is 0.438 e. The number of thiophene rings is 1. The standard InChI is InChI=1S/C12H16N2OS/c1-3-9-5-6-16-12(9)10-7-14-11(15-10)8-13-4-2/h5-7,13H,3-4,8H2,1-2H3. The van der Waals surface area contributed by atoms with Gasteiger partial charge in [-0.2, -0.15) is 0 Å². The molecule has 0 unspecified atom stereocenters. The zero-order valence-electron chi connectivity index (χ0n) is 9.62. The van der Waals surface area contributed by atoms with Gasteiger partial charge in [-0.05, 0) is 30.0 Å². The molecule has 0 atom stereocenters. The van der Waals surface area contributed by atoms with Gasteiger partial charge in [-0.3, -0.25) is 0 Å². The predicted octanol–water partition coefficient (Wildman–Crippen LogP) is 3.08. The average Bonchev–Trinajstić information content (AvgIpc) is 2.94. The summed E-state index contributed by atoms with van der Waals surface area (Å²) in [4.78, 5) is 5.47. The van der Waals surface area contributed by atoms with Crippen LogP contribution in [0.15, 0.2) is 22.1 Å². The second-order valence-corrected chi connectivity index (χ2v) is 4.44. The van der Waals surface area contributed by atoms with Crippen LogP contribution < -0.4 is 5.32 Å². The maximum Gasteiger partial charge on any atom is 0.208 e. The Balaban J connectivity index is 2.18. The summed E-state index contributed by atoms with van der Waals surface area (Å²) in [5, 5.41) is 5.30. The summed E-state index contributed by atoms with van der Waals surface area (Å²) in [7, 11) is 0. The summed E-state index contributed by atoms with van der Waals surface area (Å²) in [6.07, 6.45) is 2.85. The molecule has 0 aliphatic heterocycles. The molecule has 2 aromatic heterocycles. The monoisotopic (exact) mass is 236 g/mol. The Morgan fingerprint density at radius 3 is 3.06 bits per heavy atom. The topological polar surface area (TPSA) is 38.1 Å². The van der Waals surface area contributed by atoms with E-state index >= 15 is 0 Å². The van der Waals surface area contributed by atoms with Gasteiger partial charge in [0.05, 0.1) is 17.6 Å². The number of hydrogen-bond donors (Lipinski definition) is 1. The maximum atomic E-state index is 5.71. The van der Waals surface area contributed by atoms with Gasteiger partial charge in [0.1, 0.15) is 0 Å². The van der Waals surface area contributed by atoms with Crippen molar-refractivity contribution in [2.45, 2.75) is 26.8 Å². The molecule has 2 aromatic rings. The van der Waals surface area contributed by atoms with E-state index in [4.69, 9.17) is 4.42 Å². The molecule has 1 N–H and O–H groups in total. The van der Waals surface area contributed by atoms with Gasteiger partial charge in [0, 0.05) is 0 Å². The van der Waals surface area contributed by atoms with E-state index in [9.17, 15) is 0 Å². The molecule has 0 aliphatic rings. The van der Waals surface area contributed by atoms with Crippen LogP contribution in [0.3, 0.4) is 0 Å². The number of nitrogens with zero attached hydrogens (tertiary/aromatic N) is 1. The molecule has 0 spiro atoms. The van der Waals surface area contributed by atoms with Crippen molar-refractivity contribution in [1.29, 1.82) is 0 Å². The predicted molar refractivity (Wildman–Crippen MR) is 66.6 cm³/mol. The Kier molecular flexibility index (Phi) is 3.74. The third kappa shape index (κ3) is 2.33. The van der Waals surface area contributed by atoms with Crippen molar-refractivity contribution in [3.63, 3.8) is 0 Å². The molecule has 0 radical (unpaired) electrons.